The van der Waals surface area contributed by atoms with Crippen molar-refractivity contribution in [2.24, 2.45) is 0 Å². The lowest BCUT2D eigenvalue weighted by Gasteiger charge is -2.03. The Bertz CT molecular complexity index is 462. The molecule has 0 radical (unpaired) electrons. The number of aliphatic hydroxyl groups excluding tert-OH is 1. The zero-order valence-electron chi connectivity index (χ0n) is 8.31. The molecule has 0 unspecified atom stereocenters. The molecule has 0 amide bonds. The molecule has 0 aliphatic carbocycles. The lowest BCUT2D eigenvalue weighted by atomic mass is 10.3. The molecule has 0 saturated heterocycles. The van der Waals surface area contributed by atoms with Crippen LogP contribution in [0.15, 0.2) is 30.5 Å². The number of nitrogens with zero attached hydrogens (tertiary/aromatic N) is 2. The number of aromatic nitrogens is 2. The van der Waals surface area contributed by atoms with Crippen molar-refractivity contribution < 1.29 is 9.50 Å². The Morgan fingerprint density at radius 1 is 1.33 bits per heavy atom. The van der Waals surface area contributed by atoms with Gasteiger partial charge in [0.25, 0.3) is 0 Å². The molecule has 0 aliphatic heterocycles. The van der Waals surface area contributed by atoms with E-state index >= 15 is 0 Å². The first-order valence-electron chi connectivity index (χ1n) is 4.62. The van der Waals surface area contributed by atoms with E-state index < -0.39 is 0 Å². The van der Waals surface area contributed by atoms with Crippen LogP contribution in [0.25, 0.3) is 5.69 Å². The second-order valence-corrected chi connectivity index (χ2v) is 3.28. The van der Waals surface area contributed by atoms with Gasteiger partial charge in [-0.05, 0) is 31.2 Å². The van der Waals surface area contributed by atoms with Crippen LogP contribution in [0.4, 0.5) is 4.39 Å². The van der Waals surface area contributed by atoms with Gasteiger partial charge in [0, 0.05) is 11.9 Å². The molecule has 2 rings (SSSR count). The summed E-state index contributed by atoms with van der Waals surface area (Å²) in [6, 6.07) is 6.14. The van der Waals surface area contributed by atoms with E-state index in [0.29, 0.717) is 5.69 Å². The molecule has 1 aromatic carbocycles. The summed E-state index contributed by atoms with van der Waals surface area (Å²) in [5, 5.41) is 8.93. The van der Waals surface area contributed by atoms with Crippen LogP contribution in [0.5, 0.6) is 0 Å². The van der Waals surface area contributed by atoms with Gasteiger partial charge in [0.1, 0.15) is 11.6 Å². The first-order valence-corrected chi connectivity index (χ1v) is 4.62. The summed E-state index contributed by atoms with van der Waals surface area (Å²) in [7, 11) is 0. The fraction of sp³-hybridized carbons (Fsp3) is 0.182. The first kappa shape index (κ1) is 9.86. The van der Waals surface area contributed by atoms with E-state index in [1.54, 1.807) is 18.3 Å². The average Bonchev–Trinajstić information content (AvgIpc) is 2.61. The summed E-state index contributed by atoms with van der Waals surface area (Å²) in [5.41, 5.74) is 1.44. The van der Waals surface area contributed by atoms with E-state index in [2.05, 4.69) is 4.98 Å². The number of hydrogen-bond acceptors (Lipinski definition) is 2. The molecule has 15 heavy (non-hydrogen) atoms. The summed E-state index contributed by atoms with van der Waals surface area (Å²) < 4.78 is 14.5. The van der Waals surface area contributed by atoms with Gasteiger partial charge in [-0.1, -0.05) is 0 Å². The van der Waals surface area contributed by atoms with E-state index in [1.807, 2.05) is 11.5 Å². The first-order chi connectivity index (χ1) is 7.20. The van der Waals surface area contributed by atoms with Gasteiger partial charge in [-0.3, -0.25) is 0 Å². The van der Waals surface area contributed by atoms with Crippen LogP contribution in [-0.4, -0.2) is 14.7 Å². The third-order valence-corrected chi connectivity index (χ3v) is 2.20. The SMILES string of the molecule is Cc1nc(CO)cn1-c1ccc(F)cc1. The molecule has 0 aliphatic rings. The molecule has 3 nitrogen and oxygen atoms in total. The van der Waals surface area contributed by atoms with Crippen molar-refractivity contribution in [1.82, 2.24) is 9.55 Å². The van der Waals surface area contributed by atoms with Crippen molar-refractivity contribution in [2.45, 2.75) is 13.5 Å². The standard InChI is InChI=1S/C11H11FN2O/c1-8-13-10(7-15)6-14(8)11-4-2-9(12)3-5-11/h2-6,15H,7H2,1H3. The van der Waals surface area contributed by atoms with Gasteiger partial charge in [-0.2, -0.15) is 0 Å². The quantitative estimate of drug-likeness (QED) is 0.813. The molecule has 2 aromatic rings. The second kappa shape index (κ2) is 3.82. The van der Waals surface area contributed by atoms with Gasteiger partial charge in [0.2, 0.25) is 0 Å². The van der Waals surface area contributed by atoms with Crippen LogP contribution < -0.4 is 0 Å². The molecular formula is C11H11FN2O. The summed E-state index contributed by atoms with van der Waals surface area (Å²) in [4.78, 5) is 4.15. The Balaban J connectivity index is 2.44. The molecule has 0 bridgehead atoms. The Hall–Kier alpha value is -1.68. The van der Waals surface area contributed by atoms with Crippen molar-refractivity contribution in [2.75, 3.05) is 0 Å². The average molecular weight is 206 g/mol. The van der Waals surface area contributed by atoms with Crippen LogP contribution >= 0.6 is 0 Å². The highest BCUT2D eigenvalue weighted by atomic mass is 19.1. The van der Waals surface area contributed by atoms with Crippen LogP contribution in [-0.2, 0) is 6.61 Å². The number of aryl methyl sites for hydroxylation is 1. The summed E-state index contributed by atoms with van der Waals surface area (Å²) in [6.45, 7) is 1.75. The van der Waals surface area contributed by atoms with E-state index in [4.69, 9.17) is 5.11 Å². The van der Waals surface area contributed by atoms with Gasteiger partial charge in [0.15, 0.2) is 0 Å². The number of rotatable bonds is 2. The molecule has 0 spiro atoms. The zero-order valence-corrected chi connectivity index (χ0v) is 8.31. The predicted octanol–water partition coefficient (Wildman–Crippen LogP) is 1.81. The Kier molecular flexibility index (Phi) is 2.51. The van der Waals surface area contributed by atoms with Crippen molar-refractivity contribution in [3.05, 3.63) is 47.8 Å². The maximum atomic E-state index is 12.7. The molecule has 0 saturated carbocycles. The Morgan fingerprint density at radius 2 is 2.00 bits per heavy atom. The number of halogens is 1. The highest BCUT2D eigenvalue weighted by Gasteiger charge is 2.04. The summed E-state index contributed by atoms with van der Waals surface area (Å²) in [6.07, 6.45) is 1.74. The molecule has 1 N–H and O–H groups in total. The normalized spacial score (nSPS) is 10.6. The number of hydrogen-bond donors (Lipinski definition) is 1. The third kappa shape index (κ3) is 1.89. The van der Waals surface area contributed by atoms with Gasteiger partial charge in [-0.15, -0.1) is 0 Å². The van der Waals surface area contributed by atoms with Gasteiger partial charge >= 0.3 is 0 Å². The molecule has 4 heteroatoms. The van der Waals surface area contributed by atoms with Crippen molar-refractivity contribution in [1.29, 1.82) is 0 Å². The monoisotopic (exact) mass is 206 g/mol. The number of benzene rings is 1. The largest absolute Gasteiger partial charge is 0.390 e. The fourth-order valence-corrected chi connectivity index (χ4v) is 1.47. The minimum atomic E-state index is -0.265. The lowest BCUT2D eigenvalue weighted by molar-refractivity contribution is 0.277. The lowest BCUT2D eigenvalue weighted by Crippen LogP contribution is -1.94. The molecule has 1 aromatic heterocycles. The highest BCUT2D eigenvalue weighted by Crippen LogP contribution is 2.13. The minimum absolute atomic E-state index is 0.0883. The molecule has 0 atom stereocenters. The molecule has 78 valence electrons. The highest BCUT2D eigenvalue weighted by molar-refractivity contribution is 5.34. The maximum Gasteiger partial charge on any atom is 0.123 e. The topological polar surface area (TPSA) is 38.1 Å². The van der Waals surface area contributed by atoms with E-state index in [-0.39, 0.29) is 12.4 Å². The zero-order chi connectivity index (χ0) is 10.8. The maximum absolute atomic E-state index is 12.7. The van der Waals surface area contributed by atoms with Crippen LogP contribution in [0.1, 0.15) is 11.5 Å². The minimum Gasteiger partial charge on any atom is -0.390 e. The van der Waals surface area contributed by atoms with E-state index in [9.17, 15) is 4.39 Å². The Labute approximate surface area is 86.8 Å². The molecule has 1 heterocycles. The van der Waals surface area contributed by atoms with Crippen LogP contribution in [0, 0.1) is 12.7 Å². The number of aliphatic hydroxyl groups is 1. The summed E-state index contributed by atoms with van der Waals surface area (Å²) in [5.74, 6) is 0.504. The van der Waals surface area contributed by atoms with Crippen molar-refractivity contribution >= 4 is 0 Å². The smallest absolute Gasteiger partial charge is 0.123 e. The van der Waals surface area contributed by atoms with Gasteiger partial charge in [-0.25, -0.2) is 9.37 Å². The third-order valence-electron chi connectivity index (χ3n) is 2.20. The predicted molar refractivity (Wildman–Crippen MR) is 54.2 cm³/mol. The number of imidazole rings is 1. The van der Waals surface area contributed by atoms with E-state index in [0.717, 1.165) is 11.5 Å². The van der Waals surface area contributed by atoms with Crippen LogP contribution in [0.3, 0.4) is 0 Å². The van der Waals surface area contributed by atoms with E-state index in [1.165, 1.54) is 12.1 Å². The summed E-state index contributed by atoms with van der Waals surface area (Å²) >= 11 is 0. The van der Waals surface area contributed by atoms with Gasteiger partial charge < -0.3 is 9.67 Å². The van der Waals surface area contributed by atoms with Crippen LogP contribution in [0.2, 0.25) is 0 Å². The van der Waals surface area contributed by atoms with Gasteiger partial charge in [0.05, 0.1) is 12.3 Å². The van der Waals surface area contributed by atoms with Crippen molar-refractivity contribution in [3.63, 3.8) is 0 Å². The second-order valence-electron chi connectivity index (χ2n) is 3.28. The Morgan fingerprint density at radius 3 is 2.53 bits per heavy atom. The fourth-order valence-electron chi connectivity index (χ4n) is 1.47. The molecular weight excluding hydrogens is 195 g/mol. The molecule has 0 fully saturated rings. The van der Waals surface area contributed by atoms with Crippen molar-refractivity contribution in [3.8, 4) is 5.69 Å².